The van der Waals surface area contributed by atoms with Crippen molar-refractivity contribution >= 4 is 5.91 Å². The zero-order chi connectivity index (χ0) is 16.5. The normalized spacial score (nSPS) is 22.4. The third-order valence-electron chi connectivity index (χ3n) is 4.18. The van der Waals surface area contributed by atoms with Crippen molar-refractivity contribution in [1.82, 2.24) is 20.6 Å². The molecule has 0 saturated carbocycles. The van der Waals surface area contributed by atoms with Gasteiger partial charge in [-0.15, -0.1) is 0 Å². The molecule has 1 saturated heterocycles. The first kappa shape index (κ1) is 16.7. The van der Waals surface area contributed by atoms with Crippen molar-refractivity contribution in [3.8, 4) is 0 Å². The predicted octanol–water partition coefficient (Wildman–Crippen LogP) is 1.10. The van der Waals surface area contributed by atoms with Gasteiger partial charge in [0.1, 0.15) is 11.4 Å². The third-order valence-corrected chi connectivity index (χ3v) is 4.18. The van der Waals surface area contributed by atoms with Crippen molar-refractivity contribution in [3.63, 3.8) is 0 Å². The molecule has 6 nitrogen and oxygen atoms in total. The fourth-order valence-corrected chi connectivity index (χ4v) is 2.63. The number of nitrogens with zero attached hydrogens (tertiary/aromatic N) is 1. The molecular weight excluding hydrogens is 280 g/mol. The summed E-state index contributed by atoms with van der Waals surface area (Å²) in [7, 11) is 0. The smallest absolute Gasteiger partial charge is 0.264 e. The molecule has 122 valence electrons. The van der Waals surface area contributed by atoms with E-state index in [1.807, 2.05) is 20.8 Å². The van der Waals surface area contributed by atoms with Crippen molar-refractivity contribution in [3.05, 3.63) is 27.4 Å². The van der Waals surface area contributed by atoms with Crippen LogP contribution in [-0.4, -0.2) is 35.0 Å². The van der Waals surface area contributed by atoms with E-state index in [4.69, 9.17) is 0 Å². The van der Waals surface area contributed by atoms with E-state index in [1.165, 1.54) is 0 Å². The molecule has 0 aliphatic carbocycles. The number of aromatic nitrogens is 2. The number of H-pyrrole nitrogens is 1. The number of aromatic amines is 1. The average Bonchev–Trinajstić information content (AvgIpc) is 2.39. The van der Waals surface area contributed by atoms with Crippen LogP contribution in [0.1, 0.15) is 56.0 Å². The van der Waals surface area contributed by atoms with Gasteiger partial charge in [0.05, 0.1) is 5.69 Å². The van der Waals surface area contributed by atoms with Crippen LogP contribution < -0.4 is 16.2 Å². The molecule has 0 spiro atoms. The Morgan fingerprint density at radius 1 is 1.36 bits per heavy atom. The van der Waals surface area contributed by atoms with Gasteiger partial charge in [-0.25, -0.2) is 4.98 Å². The van der Waals surface area contributed by atoms with Crippen LogP contribution in [0.15, 0.2) is 4.79 Å². The monoisotopic (exact) mass is 306 g/mol. The highest BCUT2D eigenvalue weighted by atomic mass is 16.2. The number of carbonyl (C=O) groups is 1. The Kier molecular flexibility index (Phi) is 4.70. The van der Waals surface area contributed by atoms with Gasteiger partial charge in [-0.2, -0.15) is 0 Å². The SMILES string of the molecule is Cc1nc(C(C)(C)C)[nH]c(=O)c1C(=O)NC1CNCCC1C. The third kappa shape index (κ3) is 3.55. The molecule has 2 rings (SSSR count). The summed E-state index contributed by atoms with van der Waals surface area (Å²) in [6.07, 6.45) is 1.02. The standard InChI is InChI=1S/C16H26N4O2/c1-9-6-7-17-8-11(9)19-13(21)12-10(2)18-15(16(3,4)5)20-14(12)22/h9,11,17H,6-8H2,1-5H3,(H,19,21)(H,18,20,22). The number of piperidine rings is 1. The van der Waals surface area contributed by atoms with Crippen molar-refractivity contribution in [2.24, 2.45) is 5.92 Å². The van der Waals surface area contributed by atoms with E-state index >= 15 is 0 Å². The largest absolute Gasteiger partial charge is 0.348 e. The quantitative estimate of drug-likeness (QED) is 0.764. The Morgan fingerprint density at radius 3 is 2.59 bits per heavy atom. The van der Waals surface area contributed by atoms with Gasteiger partial charge in [0.25, 0.3) is 11.5 Å². The molecule has 6 heteroatoms. The molecule has 1 fully saturated rings. The van der Waals surface area contributed by atoms with Crippen LogP contribution in [0.25, 0.3) is 0 Å². The Bertz CT molecular complexity index is 616. The number of amides is 1. The maximum atomic E-state index is 12.5. The van der Waals surface area contributed by atoms with Gasteiger partial charge in [0, 0.05) is 18.0 Å². The van der Waals surface area contributed by atoms with E-state index in [0.29, 0.717) is 17.4 Å². The van der Waals surface area contributed by atoms with Crippen molar-refractivity contribution < 1.29 is 4.79 Å². The number of nitrogens with one attached hydrogen (secondary N) is 3. The molecule has 1 amide bonds. The second kappa shape index (κ2) is 6.20. The maximum absolute atomic E-state index is 12.5. The first-order valence-corrected chi connectivity index (χ1v) is 7.83. The van der Waals surface area contributed by atoms with Crippen molar-refractivity contribution in [2.75, 3.05) is 13.1 Å². The summed E-state index contributed by atoms with van der Waals surface area (Å²) in [4.78, 5) is 31.9. The zero-order valence-corrected chi connectivity index (χ0v) is 14.0. The lowest BCUT2D eigenvalue weighted by molar-refractivity contribution is 0.0912. The molecule has 22 heavy (non-hydrogen) atoms. The number of carbonyl (C=O) groups excluding carboxylic acids is 1. The predicted molar refractivity (Wildman–Crippen MR) is 86.2 cm³/mol. The van der Waals surface area contributed by atoms with Gasteiger partial charge >= 0.3 is 0 Å². The molecule has 2 heterocycles. The molecular formula is C16H26N4O2. The van der Waals surface area contributed by atoms with Gasteiger partial charge in [-0.05, 0) is 25.8 Å². The van der Waals surface area contributed by atoms with Crippen LogP contribution in [0.3, 0.4) is 0 Å². The topological polar surface area (TPSA) is 86.9 Å². The Hall–Kier alpha value is -1.69. The Balaban J connectivity index is 2.25. The lowest BCUT2D eigenvalue weighted by atomic mass is 9.94. The van der Waals surface area contributed by atoms with E-state index in [9.17, 15) is 9.59 Å². The fraction of sp³-hybridized carbons (Fsp3) is 0.688. The van der Waals surface area contributed by atoms with Crippen LogP contribution in [0.2, 0.25) is 0 Å². The first-order valence-electron chi connectivity index (χ1n) is 7.83. The van der Waals surface area contributed by atoms with Crippen LogP contribution in [0.5, 0.6) is 0 Å². The average molecular weight is 306 g/mol. The fourth-order valence-electron chi connectivity index (χ4n) is 2.63. The molecule has 1 aliphatic rings. The molecule has 1 aliphatic heterocycles. The Labute approximate surface area is 131 Å². The molecule has 3 N–H and O–H groups in total. The number of hydrogen-bond acceptors (Lipinski definition) is 4. The van der Waals surface area contributed by atoms with E-state index in [1.54, 1.807) is 6.92 Å². The van der Waals surface area contributed by atoms with Gasteiger partial charge in [0.15, 0.2) is 0 Å². The maximum Gasteiger partial charge on any atom is 0.264 e. The van der Waals surface area contributed by atoms with E-state index in [0.717, 1.165) is 19.5 Å². The molecule has 1 aromatic heterocycles. The van der Waals surface area contributed by atoms with Crippen LogP contribution in [-0.2, 0) is 5.41 Å². The number of hydrogen-bond donors (Lipinski definition) is 3. The summed E-state index contributed by atoms with van der Waals surface area (Å²) >= 11 is 0. The summed E-state index contributed by atoms with van der Waals surface area (Å²) < 4.78 is 0. The van der Waals surface area contributed by atoms with Gasteiger partial charge in [0.2, 0.25) is 0 Å². The number of aryl methyl sites for hydroxylation is 1. The Morgan fingerprint density at radius 2 is 2.05 bits per heavy atom. The van der Waals surface area contributed by atoms with Crippen molar-refractivity contribution in [2.45, 2.75) is 52.5 Å². The first-order chi connectivity index (χ1) is 10.2. The lowest BCUT2D eigenvalue weighted by Crippen LogP contribution is -2.51. The summed E-state index contributed by atoms with van der Waals surface area (Å²) in [6.45, 7) is 11.4. The molecule has 1 aromatic rings. The summed E-state index contributed by atoms with van der Waals surface area (Å²) in [5.74, 6) is 0.651. The van der Waals surface area contributed by atoms with Crippen molar-refractivity contribution in [1.29, 1.82) is 0 Å². The molecule has 0 bridgehead atoms. The minimum absolute atomic E-state index is 0.0438. The van der Waals surface area contributed by atoms with Crippen LogP contribution in [0.4, 0.5) is 0 Å². The van der Waals surface area contributed by atoms with E-state index in [-0.39, 0.29) is 28.5 Å². The minimum atomic E-state index is -0.369. The molecule has 2 atom stereocenters. The summed E-state index contributed by atoms with van der Waals surface area (Å²) in [5.41, 5.74) is -0.0412. The zero-order valence-electron chi connectivity index (χ0n) is 14.0. The van der Waals surface area contributed by atoms with Gasteiger partial charge in [-0.3, -0.25) is 9.59 Å². The molecule has 0 radical (unpaired) electrons. The second-order valence-electron chi connectivity index (χ2n) is 7.17. The molecule has 2 unspecified atom stereocenters. The second-order valence-corrected chi connectivity index (χ2v) is 7.17. The summed E-state index contributed by atoms with van der Waals surface area (Å²) in [6, 6.07) is 0.0438. The minimum Gasteiger partial charge on any atom is -0.348 e. The van der Waals surface area contributed by atoms with E-state index in [2.05, 4.69) is 27.5 Å². The van der Waals surface area contributed by atoms with Gasteiger partial charge < -0.3 is 15.6 Å². The summed E-state index contributed by atoms with van der Waals surface area (Å²) in [5, 5.41) is 6.23. The van der Waals surface area contributed by atoms with E-state index < -0.39 is 0 Å². The molecule has 0 aromatic carbocycles. The lowest BCUT2D eigenvalue weighted by Gasteiger charge is -2.30. The highest BCUT2D eigenvalue weighted by Gasteiger charge is 2.26. The van der Waals surface area contributed by atoms with Crippen LogP contribution in [0, 0.1) is 12.8 Å². The van der Waals surface area contributed by atoms with Gasteiger partial charge in [-0.1, -0.05) is 27.7 Å². The highest BCUT2D eigenvalue weighted by molar-refractivity contribution is 5.95. The van der Waals surface area contributed by atoms with Crippen LogP contribution >= 0.6 is 0 Å². The number of rotatable bonds is 2. The highest BCUT2D eigenvalue weighted by Crippen LogP contribution is 2.17.